The highest BCUT2D eigenvalue weighted by molar-refractivity contribution is 5.94. The van der Waals surface area contributed by atoms with Gasteiger partial charge in [-0.3, -0.25) is 4.79 Å². The molecule has 2 aromatic heterocycles. The van der Waals surface area contributed by atoms with Gasteiger partial charge in [-0.25, -0.2) is 4.98 Å². The molecule has 1 aliphatic heterocycles. The summed E-state index contributed by atoms with van der Waals surface area (Å²) in [5.41, 5.74) is 9.08. The lowest BCUT2D eigenvalue weighted by atomic mass is 9.97. The predicted molar refractivity (Wildman–Crippen MR) is 127 cm³/mol. The lowest BCUT2D eigenvalue weighted by molar-refractivity contribution is 0.0759. The first-order valence-corrected chi connectivity index (χ1v) is 10.6. The van der Waals surface area contributed by atoms with Crippen LogP contribution in [0.2, 0.25) is 0 Å². The molecular formula is C23H26ClN5O4. The van der Waals surface area contributed by atoms with Crippen LogP contribution in [-0.4, -0.2) is 48.1 Å². The molecule has 0 saturated heterocycles. The number of hydrogen-bond donors (Lipinski definition) is 1. The molecule has 0 saturated carbocycles. The molecule has 174 valence electrons. The fourth-order valence-corrected chi connectivity index (χ4v) is 4.49. The quantitative estimate of drug-likeness (QED) is 0.608. The van der Waals surface area contributed by atoms with E-state index in [2.05, 4.69) is 9.88 Å². The van der Waals surface area contributed by atoms with Crippen molar-refractivity contribution in [2.24, 2.45) is 0 Å². The number of carbonyl (C=O) groups excluding carboxylic acids is 1. The van der Waals surface area contributed by atoms with Crippen molar-refractivity contribution < 1.29 is 18.7 Å². The summed E-state index contributed by atoms with van der Waals surface area (Å²) in [7, 11) is 3.17. The number of fused-ring (bicyclic) bond motifs is 1. The fourth-order valence-electron chi connectivity index (χ4n) is 4.49. The molecule has 1 aliphatic carbocycles. The molecule has 0 atom stereocenters. The standard InChI is InChI=1S/C23H25N5O4.ClH/c1-30-19-12-14-15(13-20(19)31-2)25-23(26-21(14)24)28-10-9-27(16-6-3-4-7-17(16)28)22(29)18-8-5-11-32-18;/h5,8,11-13H,3-4,6-7,9-10H2,1-2H3,(H2,24,25,26);1H. The molecule has 10 heteroatoms. The minimum absolute atomic E-state index is 0. The van der Waals surface area contributed by atoms with Gasteiger partial charge in [-0.05, 0) is 43.9 Å². The van der Waals surface area contributed by atoms with E-state index < -0.39 is 0 Å². The molecule has 2 aliphatic rings. The van der Waals surface area contributed by atoms with Gasteiger partial charge >= 0.3 is 0 Å². The Labute approximate surface area is 197 Å². The number of aromatic nitrogens is 2. The van der Waals surface area contributed by atoms with E-state index in [1.54, 1.807) is 32.4 Å². The normalized spacial score (nSPS) is 15.8. The van der Waals surface area contributed by atoms with Crippen LogP contribution in [0, 0.1) is 0 Å². The number of nitrogens with two attached hydrogens (primary N) is 1. The number of amides is 1. The highest BCUT2D eigenvalue weighted by atomic mass is 35.5. The number of nitrogens with zero attached hydrogens (tertiary/aromatic N) is 4. The molecule has 3 heterocycles. The number of rotatable bonds is 4. The molecule has 9 nitrogen and oxygen atoms in total. The second-order valence-corrected chi connectivity index (χ2v) is 7.82. The van der Waals surface area contributed by atoms with E-state index in [1.165, 1.54) is 6.26 Å². The van der Waals surface area contributed by atoms with Crippen LogP contribution in [0.1, 0.15) is 36.2 Å². The third-order valence-corrected chi connectivity index (χ3v) is 6.05. The Morgan fingerprint density at radius 1 is 1.06 bits per heavy atom. The maximum Gasteiger partial charge on any atom is 0.293 e. The van der Waals surface area contributed by atoms with E-state index in [-0.39, 0.29) is 18.3 Å². The number of ether oxygens (including phenoxy) is 2. The summed E-state index contributed by atoms with van der Waals surface area (Å²) < 4.78 is 16.2. The summed E-state index contributed by atoms with van der Waals surface area (Å²) in [6, 6.07) is 7.03. The van der Waals surface area contributed by atoms with Crippen molar-refractivity contribution in [1.29, 1.82) is 0 Å². The zero-order valence-electron chi connectivity index (χ0n) is 18.5. The number of halogens is 1. The third-order valence-electron chi connectivity index (χ3n) is 6.05. The first-order valence-electron chi connectivity index (χ1n) is 10.6. The number of carbonyl (C=O) groups is 1. The second-order valence-electron chi connectivity index (χ2n) is 7.82. The number of benzene rings is 1. The van der Waals surface area contributed by atoms with E-state index in [9.17, 15) is 4.79 Å². The van der Waals surface area contributed by atoms with Crippen LogP contribution in [0.5, 0.6) is 11.5 Å². The van der Waals surface area contributed by atoms with Gasteiger partial charge in [0.05, 0.1) is 26.0 Å². The molecule has 2 N–H and O–H groups in total. The van der Waals surface area contributed by atoms with E-state index in [0.717, 1.165) is 37.1 Å². The minimum Gasteiger partial charge on any atom is -0.493 e. The van der Waals surface area contributed by atoms with Crippen molar-refractivity contribution in [3.8, 4) is 11.5 Å². The van der Waals surface area contributed by atoms with E-state index in [0.29, 0.717) is 53.0 Å². The average Bonchev–Trinajstić information content (AvgIpc) is 3.37. The smallest absolute Gasteiger partial charge is 0.293 e. The van der Waals surface area contributed by atoms with Gasteiger partial charge in [-0.1, -0.05) is 0 Å². The number of hydrogen-bond acceptors (Lipinski definition) is 8. The summed E-state index contributed by atoms with van der Waals surface area (Å²) in [4.78, 5) is 26.4. The molecule has 0 spiro atoms. The molecule has 3 aromatic rings. The number of allylic oxidation sites excluding steroid dienone is 2. The first kappa shape index (κ1) is 22.7. The average molecular weight is 472 g/mol. The molecule has 0 radical (unpaired) electrons. The Morgan fingerprint density at radius 2 is 1.79 bits per heavy atom. The number of anilines is 2. The molecule has 0 bridgehead atoms. The van der Waals surface area contributed by atoms with E-state index in [4.69, 9.17) is 24.6 Å². The van der Waals surface area contributed by atoms with Crippen molar-refractivity contribution in [3.05, 3.63) is 47.7 Å². The Bertz CT molecular complexity index is 1210. The fraction of sp³-hybridized carbons (Fsp3) is 0.348. The van der Waals surface area contributed by atoms with Crippen LogP contribution in [-0.2, 0) is 0 Å². The molecule has 1 amide bonds. The first-order chi connectivity index (χ1) is 15.6. The van der Waals surface area contributed by atoms with Crippen LogP contribution in [0.3, 0.4) is 0 Å². The van der Waals surface area contributed by atoms with Gasteiger partial charge in [0.2, 0.25) is 5.95 Å². The monoisotopic (exact) mass is 471 g/mol. The van der Waals surface area contributed by atoms with Crippen LogP contribution in [0.15, 0.2) is 46.3 Å². The molecule has 0 fully saturated rings. The molecule has 5 rings (SSSR count). The van der Waals surface area contributed by atoms with Gasteiger partial charge in [0.15, 0.2) is 17.3 Å². The maximum atomic E-state index is 13.0. The minimum atomic E-state index is -0.111. The van der Waals surface area contributed by atoms with Crippen molar-refractivity contribution in [2.45, 2.75) is 25.7 Å². The highest BCUT2D eigenvalue weighted by Crippen LogP contribution is 2.38. The highest BCUT2D eigenvalue weighted by Gasteiger charge is 2.34. The lowest BCUT2D eigenvalue weighted by Crippen LogP contribution is -2.46. The topological polar surface area (TPSA) is 107 Å². The number of furan rings is 1. The Balaban J connectivity index is 0.00000259. The third kappa shape index (κ3) is 3.93. The van der Waals surface area contributed by atoms with Gasteiger partial charge in [0.25, 0.3) is 5.91 Å². The van der Waals surface area contributed by atoms with Gasteiger partial charge in [0, 0.05) is 35.9 Å². The second kappa shape index (κ2) is 9.19. The van der Waals surface area contributed by atoms with Crippen LogP contribution in [0.25, 0.3) is 10.9 Å². The Hall–Kier alpha value is -3.46. The zero-order valence-corrected chi connectivity index (χ0v) is 19.4. The molecular weight excluding hydrogens is 446 g/mol. The van der Waals surface area contributed by atoms with Gasteiger partial charge < -0.3 is 29.4 Å². The summed E-state index contributed by atoms with van der Waals surface area (Å²) in [5, 5.41) is 0.705. The number of methoxy groups -OCH3 is 2. The Kier molecular flexibility index (Phi) is 6.33. The summed E-state index contributed by atoms with van der Waals surface area (Å²) in [6.07, 6.45) is 5.28. The SMILES string of the molecule is COc1cc2nc(N3CCN(C(=O)c4ccco4)C4=C3CCCC4)nc(N)c2cc1OC.Cl. The van der Waals surface area contributed by atoms with Crippen LogP contribution in [0.4, 0.5) is 11.8 Å². The number of nitrogen functional groups attached to an aromatic ring is 1. The van der Waals surface area contributed by atoms with Crippen molar-refractivity contribution in [3.63, 3.8) is 0 Å². The van der Waals surface area contributed by atoms with E-state index in [1.807, 2.05) is 11.0 Å². The zero-order chi connectivity index (χ0) is 22.2. The van der Waals surface area contributed by atoms with E-state index >= 15 is 0 Å². The molecule has 0 unspecified atom stereocenters. The summed E-state index contributed by atoms with van der Waals surface area (Å²) in [5.74, 6) is 2.29. The lowest BCUT2D eigenvalue weighted by Gasteiger charge is -2.40. The van der Waals surface area contributed by atoms with Gasteiger partial charge in [-0.2, -0.15) is 4.98 Å². The predicted octanol–water partition coefficient (Wildman–Crippen LogP) is 3.99. The van der Waals surface area contributed by atoms with Gasteiger partial charge in [-0.15, -0.1) is 12.4 Å². The van der Waals surface area contributed by atoms with Gasteiger partial charge in [0.1, 0.15) is 5.82 Å². The largest absolute Gasteiger partial charge is 0.493 e. The summed E-state index contributed by atoms with van der Waals surface area (Å²) in [6.45, 7) is 1.09. The molecule has 1 aromatic carbocycles. The maximum absolute atomic E-state index is 13.0. The van der Waals surface area contributed by atoms with Crippen molar-refractivity contribution in [2.75, 3.05) is 37.9 Å². The molecule has 33 heavy (non-hydrogen) atoms. The van der Waals surface area contributed by atoms with Crippen molar-refractivity contribution >= 4 is 41.0 Å². The van der Waals surface area contributed by atoms with Crippen LogP contribution < -0.4 is 20.1 Å². The Morgan fingerprint density at radius 3 is 2.48 bits per heavy atom. The van der Waals surface area contributed by atoms with Crippen molar-refractivity contribution in [1.82, 2.24) is 14.9 Å². The summed E-state index contributed by atoms with van der Waals surface area (Å²) >= 11 is 0. The van der Waals surface area contributed by atoms with Crippen LogP contribution >= 0.6 is 12.4 Å².